The zero-order valence-electron chi connectivity index (χ0n) is 22.6. The Morgan fingerprint density at radius 3 is 2.49 bits per heavy atom. The van der Waals surface area contributed by atoms with Crippen LogP contribution in [-0.4, -0.2) is 43.3 Å². The second-order valence-electron chi connectivity index (χ2n) is 11.9. The van der Waals surface area contributed by atoms with Crippen LogP contribution in [-0.2, 0) is 9.53 Å². The molecule has 0 saturated heterocycles. The SMILES string of the molecule is CN(C)c1ccc([C@H]2C[C@@]3(C)C(CC[C@@]3(O)C#Cc3cc(F)cc(F)c3)C3OCC4=CC(=O)CCC4=C32)cc1. The van der Waals surface area contributed by atoms with Crippen LogP contribution in [0.15, 0.2) is 65.3 Å². The molecule has 39 heavy (non-hydrogen) atoms. The van der Waals surface area contributed by atoms with Gasteiger partial charge in [-0.3, -0.25) is 4.79 Å². The highest BCUT2D eigenvalue weighted by atomic mass is 19.1. The maximum absolute atomic E-state index is 13.8. The summed E-state index contributed by atoms with van der Waals surface area (Å²) in [6, 6.07) is 11.7. The van der Waals surface area contributed by atoms with Crippen molar-refractivity contribution in [3.05, 3.63) is 88.0 Å². The number of hydrogen-bond acceptors (Lipinski definition) is 4. The summed E-state index contributed by atoms with van der Waals surface area (Å²) in [6.07, 6.45) is 4.61. The molecule has 0 spiro atoms. The van der Waals surface area contributed by atoms with Gasteiger partial charge in [0.25, 0.3) is 0 Å². The minimum Gasteiger partial charge on any atom is -0.378 e. The van der Waals surface area contributed by atoms with E-state index in [0.717, 1.165) is 29.3 Å². The fraction of sp³-hybridized carbons (Fsp3) is 0.424. The van der Waals surface area contributed by atoms with E-state index in [1.807, 2.05) is 14.1 Å². The fourth-order valence-corrected chi connectivity index (χ4v) is 7.33. The number of nitrogens with zero attached hydrogens (tertiary/aromatic N) is 1. The van der Waals surface area contributed by atoms with Crippen molar-refractivity contribution in [3.8, 4) is 11.8 Å². The van der Waals surface area contributed by atoms with Gasteiger partial charge in [-0.1, -0.05) is 30.9 Å². The Bertz CT molecular complexity index is 1440. The molecular formula is C33H33F2NO3. The Kier molecular flexibility index (Phi) is 6.28. The number of halogens is 2. The molecule has 4 nitrogen and oxygen atoms in total. The molecule has 1 aliphatic heterocycles. The first-order chi connectivity index (χ1) is 18.6. The van der Waals surface area contributed by atoms with Crippen molar-refractivity contribution in [1.29, 1.82) is 0 Å². The first kappa shape index (κ1) is 26.0. The molecule has 2 unspecified atom stereocenters. The van der Waals surface area contributed by atoms with Crippen LogP contribution >= 0.6 is 0 Å². The van der Waals surface area contributed by atoms with E-state index < -0.39 is 22.7 Å². The van der Waals surface area contributed by atoms with Crippen LogP contribution in [0.4, 0.5) is 14.5 Å². The first-order valence-corrected chi connectivity index (χ1v) is 13.7. The van der Waals surface area contributed by atoms with Gasteiger partial charge in [0.05, 0.1) is 12.7 Å². The molecule has 2 saturated carbocycles. The predicted molar refractivity (Wildman–Crippen MR) is 146 cm³/mol. The third kappa shape index (κ3) is 4.33. The molecule has 1 heterocycles. The molecule has 2 aromatic carbocycles. The number of ether oxygens (including phenoxy) is 1. The normalized spacial score (nSPS) is 31.5. The molecule has 0 bridgehead atoms. The average molecular weight is 530 g/mol. The van der Waals surface area contributed by atoms with Gasteiger partial charge in [-0.25, -0.2) is 8.78 Å². The summed E-state index contributed by atoms with van der Waals surface area (Å²) in [5.41, 5.74) is 3.95. The quantitative estimate of drug-likeness (QED) is 0.507. The summed E-state index contributed by atoms with van der Waals surface area (Å²) >= 11 is 0. The number of carbonyl (C=O) groups excluding carboxylic acids is 1. The molecule has 1 N–H and O–H groups in total. The molecule has 2 fully saturated rings. The summed E-state index contributed by atoms with van der Waals surface area (Å²) in [7, 11) is 4.02. The highest BCUT2D eigenvalue weighted by molar-refractivity contribution is 5.93. The molecule has 0 amide bonds. The topological polar surface area (TPSA) is 49.8 Å². The fourth-order valence-electron chi connectivity index (χ4n) is 7.33. The predicted octanol–water partition coefficient (Wildman–Crippen LogP) is 5.70. The van der Waals surface area contributed by atoms with E-state index in [1.165, 1.54) is 23.3 Å². The maximum Gasteiger partial charge on any atom is 0.156 e. The van der Waals surface area contributed by atoms with Gasteiger partial charge in [0.15, 0.2) is 5.78 Å². The van der Waals surface area contributed by atoms with Crippen molar-refractivity contribution >= 4 is 11.5 Å². The Morgan fingerprint density at radius 2 is 1.79 bits per heavy atom. The summed E-state index contributed by atoms with van der Waals surface area (Å²) in [5, 5.41) is 12.1. The minimum absolute atomic E-state index is 0.0163. The van der Waals surface area contributed by atoms with Crippen molar-refractivity contribution in [3.63, 3.8) is 0 Å². The monoisotopic (exact) mass is 529 g/mol. The summed E-state index contributed by atoms with van der Waals surface area (Å²) in [6.45, 7) is 2.48. The number of aliphatic hydroxyl groups is 1. The molecule has 202 valence electrons. The summed E-state index contributed by atoms with van der Waals surface area (Å²) in [5.74, 6) is 4.71. The lowest BCUT2D eigenvalue weighted by Gasteiger charge is -2.53. The molecule has 3 aliphatic carbocycles. The van der Waals surface area contributed by atoms with E-state index in [2.05, 4.69) is 47.9 Å². The molecule has 4 aliphatic rings. The highest BCUT2D eigenvalue weighted by Gasteiger charge is 2.63. The van der Waals surface area contributed by atoms with E-state index in [9.17, 15) is 18.7 Å². The number of anilines is 1. The van der Waals surface area contributed by atoms with Gasteiger partial charge in [-0.2, -0.15) is 0 Å². The van der Waals surface area contributed by atoms with Crippen LogP contribution in [0.5, 0.6) is 0 Å². The van der Waals surface area contributed by atoms with Gasteiger partial charge in [0.1, 0.15) is 17.2 Å². The first-order valence-electron chi connectivity index (χ1n) is 13.7. The standard InChI is InChI=1S/C33H33F2NO3/c1-32-18-28(21-4-6-25(7-5-21)36(2)3)30-27-9-8-26(37)16-22(27)19-39-31(30)29(32)11-13-33(32,38)12-10-20-14-23(34)17-24(35)15-20/h4-7,14-17,28-29,31,38H,8-9,11,13,18-19H2,1-3H3/t28-,29?,31?,32+,33+/m1/s1. The van der Waals surface area contributed by atoms with Crippen LogP contribution in [0, 0.1) is 34.8 Å². The Hall–Kier alpha value is -3.27. The zero-order chi connectivity index (χ0) is 27.5. The second-order valence-corrected chi connectivity index (χ2v) is 11.9. The Morgan fingerprint density at radius 1 is 1.08 bits per heavy atom. The number of carbonyl (C=O) groups is 1. The third-order valence-electron chi connectivity index (χ3n) is 9.46. The van der Waals surface area contributed by atoms with Gasteiger partial charge in [-0.05, 0) is 84.2 Å². The number of allylic oxidation sites excluding steroid dienone is 1. The molecule has 0 radical (unpaired) electrons. The van der Waals surface area contributed by atoms with Crippen LogP contribution in [0.1, 0.15) is 56.1 Å². The van der Waals surface area contributed by atoms with Crippen LogP contribution in [0.25, 0.3) is 0 Å². The maximum atomic E-state index is 13.8. The van der Waals surface area contributed by atoms with Crippen LogP contribution in [0.2, 0.25) is 0 Å². The van der Waals surface area contributed by atoms with Gasteiger partial charge in [0, 0.05) is 49.2 Å². The van der Waals surface area contributed by atoms with E-state index in [0.29, 0.717) is 32.3 Å². The summed E-state index contributed by atoms with van der Waals surface area (Å²) in [4.78, 5) is 14.3. The molecular weight excluding hydrogens is 496 g/mol. The zero-order valence-corrected chi connectivity index (χ0v) is 22.6. The van der Waals surface area contributed by atoms with Crippen molar-refractivity contribution < 1.29 is 23.4 Å². The Balaban J connectivity index is 1.46. The van der Waals surface area contributed by atoms with Crippen molar-refractivity contribution in [2.75, 3.05) is 25.6 Å². The lowest BCUT2D eigenvalue weighted by atomic mass is 9.55. The molecule has 6 heteroatoms. The number of ketones is 1. The Labute approximate surface area is 228 Å². The molecule has 6 rings (SSSR count). The molecule has 5 atom stereocenters. The van der Waals surface area contributed by atoms with Gasteiger partial charge in [-0.15, -0.1) is 0 Å². The van der Waals surface area contributed by atoms with Crippen molar-refractivity contribution in [1.82, 2.24) is 0 Å². The lowest BCUT2D eigenvalue weighted by molar-refractivity contribution is -0.115. The molecule has 2 aromatic rings. The van der Waals surface area contributed by atoms with E-state index in [1.54, 1.807) is 6.08 Å². The lowest BCUT2D eigenvalue weighted by Crippen LogP contribution is -2.53. The van der Waals surface area contributed by atoms with Gasteiger partial charge >= 0.3 is 0 Å². The van der Waals surface area contributed by atoms with E-state index in [-0.39, 0.29) is 29.3 Å². The molecule has 0 aromatic heterocycles. The number of hydrogen-bond donors (Lipinski definition) is 1. The van der Waals surface area contributed by atoms with Crippen LogP contribution < -0.4 is 4.90 Å². The summed E-state index contributed by atoms with van der Waals surface area (Å²) < 4.78 is 34.2. The van der Waals surface area contributed by atoms with Gasteiger partial charge in [0.2, 0.25) is 0 Å². The van der Waals surface area contributed by atoms with Gasteiger partial charge < -0.3 is 14.7 Å². The van der Waals surface area contributed by atoms with Crippen molar-refractivity contribution in [2.45, 2.75) is 56.7 Å². The van der Waals surface area contributed by atoms with E-state index in [4.69, 9.17) is 4.74 Å². The minimum atomic E-state index is -1.35. The number of rotatable bonds is 2. The highest BCUT2D eigenvalue weighted by Crippen LogP contribution is 2.64. The third-order valence-corrected chi connectivity index (χ3v) is 9.46. The number of fused-ring (bicyclic) bond motifs is 4. The van der Waals surface area contributed by atoms with Crippen LogP contribution in [0.3, 0.4) is 0 Å². The van der Waals surface area contributed by atoms with Crippen molar-refractivity contribution in [2.24, 2.45) is 11.3 Å². The van der Waals surface area contributed by atoms with E-state index >= 15 is 0 Å². The second kappa shape index (κ2) is 9.43. The number of benzene rings is 2. The largest absolute Gasteiger partial charge is 0.378 e. The average Bonchev–Trinajstić information content (AvgIpc) is 3.16. The smallest absolute Gasteiger partial charge is 0.156 e.